The summed E-state index contributed by atoms with van der Waals surface area (Å²) in [5.41, 5.74) is 8.92. The molecule has 1 aliphatic heterocycles. The predicted octanol–water partition coefficient (Wildman–Crippen LogP) is 3.31. The average Bonchev–Trinajstić information content (AvgIpc) is 3.40. The second-order valence-corrected chi connectivity index (χ2v) is 8.32. The van der Waals surface area contributed by atoms with Crippen molar-refractivity contribution in [2.45, 2.75) is 33.1 Å². The van der Waals surface area contributed by atoms with Gasteiger partial charge in [-0.3, -0.25) is 20.4 Å². The van der Waals surface area contributed by atoms with Crippen molar-refractivity contribution in [3.05, 3.63) is 53.3 Å². The second kappa shape index (κ2) is 8.61. The van der Waals surface area contributed by atoms with Gasteiger partial charge in [-0.25, -0.2) is 4.79 Å². The summed E-state index contributed by atoms with van der Waals surface area (Å²) in [6.07, 6.45) is 0.661. The van der Waals surface area contributed by atoms with Crippen LogP contribution in [0.4, 0.5) is 0 Å². The van der Waals surface area contributed by atoms with Gasteiger partial charge in [0.2, 0.25) is 0 Å². The van der Waals surface area contributed by atoms with Crippen molar-refractivity contribution < 1.29 is 23.5 Å². The molecule has 7 nitrogen and oxygen atoms in total. The topological polar surface area (TPSA) is 97.6 Å². The maximum atomic E-state index is 12.3. The van der Waals surface area contributed by atoms with E-state index in [4.69, 9.17) is 9.15 Å². The molecule has 2 heterocycles. The Morgan fingerprint density at radius 2 is 1.68 bits per heavy atom. The molecule has 162 valence electrons. The summed E-state index contributed by atoms with van der Waals surface area (Å²) in [4.78, 5) is 36.4. The van der Waals surface area contributed by atoms with Gasteiger partial charge in [-0.2, -0.15) is 0 Å². The van der Waals surface area contributed by atoms with Crippen LogP contribution in [0, 0.1) is 5.41 Å². The number of nitrogens with one attached hydrogen (secondary N) is 2. The van der Waals surface area contributed by atoms with Crippen LogP contribution in [0.1, 0.15) is 49.2 Å². The van der Waals surface area contributed by atoms with Crippen LogP contribution in [-0.2, 0) is 14.3 Å². The molecule has 4 rings (SSSR count). The summed E-state index contributed by atoms with van der Waals surface area (Å²) < 4.78 is 11.3. The molecule has 0 bridgehead atoms. The molecule has 31 heavy (non-hydrogen) atoms. The SMILES string of the molecule is CCOC(=O)c1ccc(-c2ccc(C(=C3CNNC3)C3(C)CC(=O)CC(=O)C3)o2)cc1. The first-order chi connectivity index (χ1) is 14.9. The molecular weight excluding hydrogens is 396 g/mol. The highest BCUT2D eigenvalue weighted by molar-refractivity contribution is 6.04. The molecule has 0 atom stereocenters. The van der Waals surface area contributed by atoms with Crippen molar-refractivity contribution in [1.29, 1.82) is 0 Å². The Hall–Kier alpha value is -3.03. The minimum absolute atomic E-state index is 0.0188. The van der Waals surface area contributed by atoms with E-state index in [0.29, 0.717) is 49.6 Å². The first kappa shape index (κ1) is 21.2. The van der Waals surface area contributed by atoms with Gasteiger partial charge in [-0.1, -0.05) is 19.1 Å². The molecular formula is C24H26N2O5. The van der Waals surface area contributed by atoms with Crippen molar-refractivity contribution in [3.8, 4) is 11.3 Å². The Bertz CT molecular complexity index is 1020. The highest BCUT2D eigenvalue weighted by atomic mass is 16.5. The zero-order valence-electron chi connectivity index (χ0n) is 17.7. The third kappa shape index (κ3) is 4.38. The van der Waals surface area contributed by atoms with Gasteiger partial charge in [-0.05, 0) is 36.8 Å². The van der Waals surface area contributed by atoms with Gasteiger partial charge in [0.05, 0.1) is 18.6 Å². The van der Waals surface area contributed by atoms with Crippen molar-refractivity contribution in [3.63, 3.8) is 0 Å². The van der Waals surface area contributed by atoms with Crippen LogP contribution in [0.25, 0.3) is 16.9 Å². The van der Waals surface area contributed by atoms with Crippen LogP contribution >= 0.6 is 0 Å². The third-order valence-electron chi connectivity index (χ3n) is 5.79. The molecule has 1 aromatic carbocycles. The van der Waals surface area contributed by atoms with E-state index < -0.39 is 5.41 Å². The maximum Gasteiger partial charge on any atom is 0.338 e. The number of ether oxygens (including phenoxy) is 1. The zero-order chi connectivity index (χ0) is 22.0. The van der Waals surface area contributed by atoms with Gasteiger partial charge in [0.25, 0.3) is 0 Å². The predicted molar refractivity (Wildman–Crippen MR) is 115 cm³/mol. The number of esters is 1. The lowest BCUT2D eigenvalue weighted by Gasteiger charge is -2.34. The molecule has 0 radical (unpaired) electrons. The summed E-state index contributed by atoms with van der Waals surface area (Å²) in [5, 5.41) is 0. The van der Waals surface area contributed by atoms with Gasteiger partial charge in [0, 0.05) is 42.5 Å². The summed E-state index contributed by atoms with van der Waals surface area (Å²) in [6.45, 7) is 5.31. The Morgan fingerprint density at radius 3 is 2.29 bits per heavy atom. The van der Waals surface area contributed by atoms with Crippen LogP contribution in [0.15, 0.2) is 46.4 Å². The standard InChI is InChI=1S/C24H26N2O5/c1-3-30-23(29)16-6-4-15(5-7-16)20-8-9-21(31-20)22(17-13-25-26-14-17)24(2)11-18(27)10-19(28)12-24/h4-9,25-26H,3,10-14H2,1-2H3. The zero-order valence-corrected chi connectivity index (χ0v) is 17.7. The van der Waals surface area contributed by atoms with Crippen molar-refractivity contribution in [1.82, 2.24) is 10.9 Å². The first-order valence-electron chi connectivity index (χ1n) is 10.5. The summed E-state index contributed by atoms with van der Waals surface area (Å²) in [6, 6.07) is 10.8. The molecule has 2 fully saturated rings. The molecule has 2 aromatic rings. The number of Topliss-reactive ketones (excluding diaryl/α,β-unsaturated/α-hetero) is 2. The fraction of sp³-hybridized carbons (Fsp3) is 0.375. The van der Waals surface area contributed by atoms with Crippen LogP contribution < -0.4 is 10.9 Å². The van der Waals surface area contributed by atoms with E-state index in [9.17, 15) is 14.4 Å². The van der Waals surface area contributed by atoms with Crippen molar-refractivity contribution in [2.24, 2.45) is 5.41 Å². The Morgan fingerprint density at radius 1 is 1.03 bits per heavy atom. The number of hydrazine groups is 1. The summed E-state index contributed by atoms with van der Waals surface area (Å²) in [7, 11) is 0. The highest BCUT2D eigenvalue weighted by Crippen LogP contribution is 2.47. The quantitative estimate of drug-likeness (QED) is 0.563. The molecule has 1 aromatic heterocycles. The van der Waals surface area contributed by atoms with E-state index in [1.165, 1.54) is 0 Å². The average molecular weight is 422 g/mol. The number of hydrogen-bond donors (Lipinski definition) is 2. The number of carbonyl (C=O) groups excluding carboxylic acids is 3. The fourth-order valence-electron chi connectivity index (χ4n) is 4.54. The number of benzene rings is 1. The van der Waals surface area contributed by atoms with Gasteiger partial charge >= 0.3 is 5.97 Å². The van der Waals surface area contributed by atoms with E-state index in [-0.39, 0.29) is 24.0 Å². The molecule has 1 saturated carbocycles. The Kier molecular flexibility index (Phi) is 5.89. The maximum absolute atomic E-state index is 12.3. The number of carbonyl (C=O) groups is 3. The lowest BCUT2D eigenvalue weighted by molar-refractivity contribution is -0.132. The van der Waals surface area contributed by atoms with Gasteiger partial charge in [0.15, 0.2) is 0 Å². The van der Waals surface area contributed by atoms with Crippen LogP contribution in [0.2, 0.25) is 0 Å². The normalized spacial score (nSPS) is 18.3. The van der Waals surface area contributed by atoms with E-state index in [1.807, 2.05) is 31.2 Å². The van der Waals surface area contributed by atoms with E-state index >= 15 is 0 Å². The lowest BCUT2D eigenvalue weighted by atomic mass is 9.67. The molecule has 2 N–H and O–H groups in total. The summed E-state index contributed by atoms with van der Waals surface area (Å²) in [5.74, 6) is 0.894. The molecule has 7 heteroatoms. The molecule has 2 aliphatic rings. The van der Waals surface area contributed by atoms with Crippen LogP contribution in [-0.4, -0.2) is 37.2 Å². The van der Waals surface area contributed by atoms with E-state index in [0.717, 1.165) is 16.7 Å². The van der Waals surface area contributed by atoms with Crippen LogP contribution in [0.3, 0.4) is 0 Å². The molecule has 0 unspecified atom stereocenters. The number of allylic oxidation sites excluding steroid dienone is 1. The fourth-order valence-corrected chi connectivity index (χ4v) is 4.54. The lowest BCUT2D eigenvalue weighted by Crippen LogP contribution is -2.33. The van der Waals surface area contributed by atoms with Crippen LogP contribution in [0.5, 0.6) is 0 Å². The molecule has 1 saturated heterocycles. The van der Waals surface area contributed by atoms with Gasteiger partial charge in [-0.15, -0.1) is 0 Å². The number of hydrogen-bond acceptors (Lipinski definition) is 7. The smallest absolute Gasteiger partial charge is 0.338 e. The van der Waals surface area contributed by atoms with Gasteiger partial charge in [0.1, 0.15) is 23.1 Å². The molecule has 0 spiro atoms. The third-order valence-corrected chi connectivity index (χ3v) is 5.79. The number of furan rings is 1. The highest BCUT2D eigenvalue weighted by Gasteiger charge is 2.42. The minimum atomic E-state index is -0.599. The Labute approximate surface area is 180 Å². The number of ketones is 2. The van der Waals surface area contributed by atoms with Crippen molar-refractivity contribution in [2.75, 3.05) is 19.7 Å². The van der Waals surface area contributed by atoms with Crippen molar-refractivity contribution >= 4 is 23.1 Å². The summed E-state index contributed by atoms with van der Waals surface area (Å²) >= 11 is 0. The van der Waals surface area contributed by atoms with Gasteiger partial charge < -0.3 is 9.15 Å². The first-order valence-corrected chi connectivity index (χ1v) is 10.5. The molecule has 1 aliphatic carbocycles. The minimum Gasteiger partial charge on any atom is -0.462 e. The second-order valence-electron chi connectivity index (χ2n) is 8.32. The Balaban J connectivity index is 1.68. The van der Waals surface area contributed by atoms with E-state index in [1.54, 1.807) is 19.1 Å². The van der Waals surface area contributed by atoms with E-state index in [2.05, 4.69) is 10.9 Å². The molecule has 0 amide bonds. The number of rotatable bonds is 5. The largest absolute Gasteiger partial charge is 0.462 e. The monoisotopic (exact) mass is 422 g/mol.